The highest BCUT2D eigenvalue weighted by Crippen LogP contribution is 2.16. The summed E-state index contributed by atoms with van der Waals surface area (Å²) < 4.78 is 27.9. The van der Waals surface area contributed by atoms with Crippen LogP contribution < -0.4 is 10.7 Å². The molecule has 2 unspecified atom stereocenters. The first-order valence-electron chi connectivity index (χ1n) is 14.2. The topological polar surface area (TPSA) is 102 Å². The zero-order chi connectivity index (χ0) is 31.4. The van der Waals surface area contributed by atoms with Gasteiger partial charge < -0.3 is 15.3 Å². The van der Waals surface area contributed by atoms with Crippen molar-refractivity contribution in [3.05, 3.63) is 70.3 Å². The van der Waals surface area contributed by atoms with Gasteiger partial charge in [-0.2, -0.15) is 0 Å². The first-order chi connectivity index (χ1) is 19.9. The van der Waals surface area contributed by atoms with Gasteiger partial charge in [-0.15, -0.1) is 5.92 Å². The van der Waals surface area contributed by atoms with E-state index in [1.165, 1.54) is 11.1 Å². The van der Waals surface area contributed by atoms with Crippen molar-refractivity contribution in [1.82, 2.24) is 20.7 Å². The van der Waals surface area contributed by atoms with E-state index in [1.54, 1.807) is 44.9 Å². The minimum absolute atomic E-state index is 0.0880. The van der Waals surface area contributed by atoms with Crippen molar-refractivity contribution >= 4 is 17.7 Å². The first kappa shape index (κ1) is 34.4. The standard InChI is InChI=1S/C32H42F2N4O4/c1-7-10-22-13-24(18-25(14-22)32(42)38(11-8-2)12-9-3)31(41)35-28(17-23-15-26(33)19-27(34)16-23)29(39)20-37(6)36-30(40)21(4)5/h13-16,18-19,21,28-29,39H,8-9,11-12,17,20H2,1-6H3,(H,35,41)(H,36,40). The van der Waals surface area contributed by atoms with Crippen LogP contribution >= 0.6 is 0 Å². The third-order valence-electron chi connectivity index (χ3n) is 6.43. The van der Waals surface area contributed by atoms with Crippen LogP contribution in [0.5, 0.6) is 0 Å². The molecule has 0 bridgehead atoms. The summed E-state index contributed by atoms with van der Waals surface area (Å²) in [5.41, 5.74) is 3.80. The Morgan fingerprint density at radius 2 is 1.55 bits per heavy atom. The number of hydrogen-bond donors (Lipinski definition) is 3. The van der Waals surface area contributed by atoms with Crippen LogP contribution in [0.2, 0.25) is 0 Å². The van der Waals surface area contributed by atoms with Gasteiger partial charge in [0.05, 0.1) is 12.1 Å². The van der Waals surface area contributed by atoms with Crippen LogP contribution in [0.1, 0.15) is 79.3 Å². The fourth-order valence-corrected chi connectivity index (χ4v) is 4.42. The highest BCUT2D eigenvalue weighted by atomic mass is 19.1. The number of rotatable bonds is 14. The van der Waals surface area contributed by atoms with E-state index < -0.39 is 29.7 Å². The Balaban J connectivity index is 2.42. The Bertz CT molecular complexity index is 1280. The van der Waals surface area contributed by atoms with Crippen molar-refractivity contribution < 1.29 is 28.3 Å². The minimum Gasteiger partial charge on any atom is -0.390 e. The number of carbonyl (C=O) groups excluding carboxylic acids is 3. The molecule has 0 saturated carbocycles. The summed E-state index contributed by atoms with van der Waals surface area (Å²) in [6, 6.07) is 6.66. The van der Waals surface area contributed by atoms with Gasteiger partial charge in [0.25, 0.3) is 11.8 Å². The summed E-state index contributed by atoms with van der Waals surface area (Å²) in [5, 5.41) is 15.3. The van der Waals surface area contributed by atoms with Gasteiger partial charge in [0.1, 0.15) is 11.6 Å². The van der Waals surface area contributed by atoms with Gasteiger partial charge in [-0.05, 0) is 62.1 Å². The van der Waals surface area contributed by atoms with E-state index in [2.05, 4.69) is 22.6 Å². The number of nitrogens with zero attached hydrogens (tertiary/aromatic N) is 2. The van der Waals surface area contributed by atoms with Crippen molar-refractivity contribution in [2.75, 3.05) is 26.7 Å². The lowest BCUT2D eigenvalue weighted by Gasteiger charge is -2.29. The summed E-state index contributed by atoms with van der Waals surface area (Å²) in [4.78, 5) is 40.7. The van der Waals surface area contributed by atoms with Crippen molar-refractivity contribution in [3.63, 3.8) is 0 Å². The predicted molar refractivity (Wildman–Crippen MR) is 158 cm³/mol. The molecule has 42 heavy (non-hydrogen) atoms. The average molecular weight is 585 g/mol. The Morgan fingerprint density at radius 1 is 0.952 bits per heavy atom. The molecule has 0 saturated heterocycles. The van der Waals surface area contributed by atoms with Gasteiger partial charge in [0.15, 0.2) is 0 Å². The third kappa shape index (κ3) is 10.5. The molecular formula is C32H42F2N4O4. The largest absolute Gasteiger partial charge is 0.390 e. The molecule has 0 aliphatic heterocycles. The van der Waals surface area contributed by atoms with E-state index >= 15 is 0 Å². The highest BCUT2D eigenvalue weighted by Gasteiger charge is 2.26. The number of likely N-dealkylation sites (N-methyl/N-ethyl adjacent to an activating group) is 1. The lowest BCUT2D eigenvalue weighted by Crippen LogP contribution is -2.52. The molecule has 0 aromatic heterocycles. The van der Waals surface area contributed by atoms with Gasteiger partial charge >= 0.3 is 0 Å². The number of hydrazine groups is 1. The van der Waals surface area contributed by atoms with Crippen LogP contribution in [-0.4, -0.2) is 71.6 Å². The maximum absolute atomic E-state index is 14.0. The van der Waals surface area contributed by atoms with E-state index in [1.807, 2.05) is 13.8 Å². The maximum Gasteiger partial charge on any atom is 0.253 e. The van der Waals surface area contributed by atoms with Crippen LogP contribution in [0, 0.1) is 29.4 Å². The molecule has 228 valence electrons. The van der Waals surface area contributed by atoms with E-state index in [-0.39, 0.29) is 41.8 Å². The predicted octanol–water partition coefficient (Wildman–Crippen LogP) is 3.92. The summed E-state index contributed by atoms with van der Waals surface area (Å²) in [6.07, 6.45) is 0.205. The van der Waals surface area contributed by atoms with Crippen LogP contribution in [0.4, 0.5) is 8.78 Å². The van der Waals surface area contributed by atoms with Crippen LogP contribution in [0.25, 0.3) is 0 Å². The van der Waals surface area contributed by atoms with Crippen LogP contribution in [0.15, 0.2) is 36.4 Å². The molecule has 10 heteroatoms. The molecule has 8 nitrogen and oxygen atoms in total. The molecule has 2 aromatic carbocycles. The van der Waals surface area contributed by atoms with Gasteiger partial charge in [-0.1, -0.05) is 33.6 Å². The number of nitrogens with one attached hydrogen (secondary N) is 2. The number of aliphatic hydroxyl groups excluding tert-OH is 1. The average Bonchev–Trinajstić information content (AvgIpc) is 2.91. The summed E-state index contributed by atoms with van der Waals surface area (Å²) in [7, 11) is 1.56. The molecule has 0 heterocycles. The van der Waals surface area contributed by atoms with E-state index in [9.17, 15) is 28.3 Å². The maximum atomic E-state index is 14.0. The molecular weight excluding hydrogens is 542 g/mol. The number of benzene rings is 2. The molecule has 3 amide bonds. The number of hydrogen-bond acceptors (Lipinski definition) is 5. The molecule has 0 aliphatic carbocycles. The first-order valence-corrected chi connectivity index (χ1v) is 14.2. The van der Waals surface area contributed by atoms with Gasteiger partial charge in [0, 0.05) is 55.4 Å². The minimum atomic E-state index is -1.25. The Labute approximate surface area is 247 Å². The molecule has 2 rings (SSSR count). The fourth-order valence-electron chi connectivity index (χ4n) is 4.42. The Hall–Kier alpha value is -3.81. The summed E-state index contributed by atoms with van der Waals surface area (Å²) in [6.45, 7) is 10.1. The Kier molecular flexibility index (Phi) is 13.6. The van der Waals surface area contributed by atoms with Gasteiger partial charge in [0.2, 0.25) is 5.91 Å². The molecule has 2 atom stereocenters. The molecule has 0 fully saturated rings. The van der Waals surface area contributed by atoms with Crippen LogP contribution in [0.3, 0.4) is 0 Å². The number of halogens is 2. The monoisotopic (exact) mass is 584 g/mol. The molecule has 3 N–H and O–H groups in total. The molecule has 2 aromatic rings. The smallest absolute Gasteiger partial charge is 0.253 e. The number of carbonyl (C=O) groups is 3. The van der Waals surface area contributed by atoms with E-state index in [0.29, 0.717) is 24.2 Å². The quantitative estimate of drug-likeness (QED) is 0.231. The van der Waals surface area contributed by atoms with Crippen molar-refractivity contribution in [1.29, 1.82) is 0 Å². The van der Waals surface area contributed by atoms with E-state index in [4.69, 9.17) is 0 Å². The van der Waals surface area contributed by atoms with Crippen molar-refractivity contribution in [3.8, 4) is 11.8 Å². The SMILES string of the molecule is CC#Cc1cc(C(=O)NC(Cc2cc(F)cc(F)c2)C(O)CN(C)NC(=O)C(C)C)cc(C(=O)N(CCC)CCC)c1. The zero-order valence-electron chi connectivity index (χ0n) is 25.3. The zero-order valence-corrected chi connectivity index (χ0v) is 25.3. The fraction of sp³-hybridized carbons (Fsp3) is 0.469. The van der Waals surface area contributed by atoms with Gasteiger partial charge in [-0.25, -0.2) is 13.8 Å². The lowest BCUT2D eigenvalue weighted by atomic mass is 9.99. The third-order valence-corrected chi connectivity index (χ3v) is 6.43. The van der Waals surface area contributed by atoms with Gasteiger partial charge in [-0.3, -0.25) is 19.8 Å². The molecule has 0 aliphatic rings. The summed E-state index contributed by atoms with van der Waals surface area (Å²) >= 11 is 0. The lowest BCUT2D eigenvalue weighted by molar-refractivity contribution is -0.129. The highest BCUT2D eigenvalue weighted by molar-refractivity contribution is 6.00. The van der Waals surface area contributed by atoms with Crippen LogP contribution in [-0.2, 0) is 11.2 Å². The normalized spacial score (nSPS) is 12.4. The van der Waals surface area contributed by atoms with Crippen molar-refractivity contribution in [2.24, 2.45) is 5.92 Å². The molecule has 0 spiro atoms. The number of amides is 3. The second-order valence-electron chi connectivity index (χ2n) is 10.6. The second-order valence-corrected chi connectivity index (χ2v) is 10.6. The van der Waals surface area contributed by atoms with E-state index in [0.717, 1.165) is 31.0 Å². The second kappa shape index (κ2) is 16.6. The number of aliphatic hydroxyl groups is 1. The summed E-state index contributed by atoms with van der Waals surface area (Å²) in [5.74, 6) is 2.73. The Morgan fingerprint density at radius 3 is 2.10 bits per heavy atom. The molecule has 0 radical (unpaired) electrons. The van der Waals surface area contributed by atoms with Crippen molar-refractivity contribution in [2.45, 2.75) is 66.0 Å².